The third-order valence-corrected chi connectivity index (χ3v) is 6.00. The SMILES string of the molecule is COC(=O)Cc1cc(=O)[nH]c(S[C@H](C)C(=O)N[C@@H]2CCC[C@@H](C)[C@H]2C)n1. The number of hydrogen-bond donors (Lipinski definition) is 2. The molecular formula is C18H27N3O4S. The van der Waals surface area contributed by atoms with Crippen LogP contribution in [-0.2, 0) is 20.7 Å². The minimum atomic E-state index is -0.467. The molecule has 0 spiro atoms. The van der Waals surface area contributed by atoms with E-state index in [4.69, 9.17) is 0 Å². The first-order valence-corrected chi connectivity index (χ1v) is 9.82. The molecule has 1 saturated carbocycles. The Kier molecular flexibility index (Phi) is 7.25. The number of rotatable bonds is 6. The predicted molar refractivity (Wildman–Crippen MR) is 100 cm³/mol. The summed E-state index contributed by atoms with van der Waals surface area (Å²) in [7, 11) is 1.28. The second-order valence-corrected chi connectivity index (χ2v) is 8.27. The van der Waals surface area contributed by atoms with Crippen molar-refractivity contribution >= 4 is 23.6 Å². The van der Waals surface area contributed by atoms with Gasteiger partial charge in [0.2, 0.25) is 5.91 Å². The van der Waals surface area contributed by atoms with Gasteiger partial charge in [-0.15, -0.1) is 0 Å². The lowest BCUT2D eigenvalue weighted by Crippen LogP contribution is -2.46. The second-order valence-electron chi connectivity index (χ2n) is 6.94. The molecule has 1 amide bonds. The van der Waals surface area contributed by atoms with E-state index in [1.807, 2.05) is 0 Å². The fourth-order valence-corrected chi connectivity index (χ4v) is 4.00. The number of amides is 1. The van der Waals surface area contributed by atoms with Gasteiger partial charge in [-0.2, -0.15) is 0 Å². The highest BCUT2D eigenvalue weighted by molar-refractivity contribution is 8.00. The molecule has 8 heteroatoms. The number of methoxy groups -OCH3 is 1. The number of ether oxygens (including phenoxy) is 1. The van der Waals surface area contributed by atoms with Crippen molar-refractivity contribution in [1.82, 2.24) is 15.3 Å². The van der Waals surface area contributed by atoms with Gasteiger partial charge in [-0.1, -0.05) is 38.5 Å². The minimum Gasteiger partial charge on any atom is -0.469 e. The van der Waals surface area contributed by atoms with Crippen LogP contribution in [-0.4, -0.2) is 40.2 Å². The summed E-state index contributed by atoms with van der Waals surface area (Å²) in [6.07, 6.45) is 3.25. The van der Waals surface area contributed by atoms with Crippen LogP contribution in [0.15, 0.2) is 16.0 Å². The quantitative estimate of drug-likeness (QED) is 0.443. The van der Waals surface area contributed by atoms with Crippen molar-refractivity contribution in [1.29, 1.82) is 0 Å². The van der Waals surface area contributed by atoms with E-state index in [2.05, 4.69) is 33.9 Å². The van der Waals surface area contributed by atoms with Crippen LogP contribution in [0.25, 0.3) is 0 Å². The Bertz CT molecular complexity index is 706. The molecule has 144 valence electrons. The number of aromatic amines is 1. The van der Waals surface area contributed by atoms with Gasteiger partial charge in [-0.05, 0) is 25.2 Å². The minimum absolute atomic E-state index is 0.0676. The van der Waals surface area contributed by atoms with E-state index in [9.17, 15) is 14.4 Å². The number of carbonyl (C=O) groups excluding carboxylic acids is 2. The average molecular weight is 381 g/mol. The molecule has 0 aromatic carbocycles. The summed E-state index contributed by atoms with van der Waals surface area (Å²) in [5.41, 5.74) is -0.0332. The molecule has 0 saturated heterocycles. The normalized spacial score (nSPS) is 23.9. The number of esters is 1. The number of H-pyrrole nitrogens is 1. The molecule has 1 aliphatic rings. The van der Waals surface area contributed by atoms with Gasteiger partial charge >= 0.3 is 5.97 Å². The van der Waals surface area contributed by atoms with Crippen molar-refractivity contribution in [3.05, 3.63) is 22.1 Å². The summed E-state index contributed by atoms with van der Waals surface area (Å²) in [5, 5.41) is 3.05. The van der Waals surface area contributed by atoms with Gasteiger partial charge in [0.15, 0.2) is 5.16 Å². The molecule has 0 radical (unpaired) electrons. The largest absolute Gasteiger partial charge is 0.469 e. The van der Waals surface area contributed by atoms with Crippen molar-refractivity contribution in [3.8, 4) is 0 Å². The number of aromatic nitrogens is 2. The highest BCUT2D eigenvalue weighted by Gasteiger charge is 2.29. The van der Waals surface area contributed by atoms with E-state index >= 15 is 0 Å². The molecule has 1 fully saturated rings. The van der Waals surface area contributed by atoms with Crippen LogP contribution < -0.4 is 10.9 Å². The third kappa shape index (κ3) is 5.59. The molecule has 0 aliphatic heterocycles. The molecule has 7 nitrogen and oxygen atoms in total. The van der Waals surface area contributed by atoms with Crippen LogP contribution in [0, 0.1) is 11.8 Å². The lowest BCUT2D eigenvalue weighted by atomic mass is 9.78. The van der Waals surface area contributed by atoms with Gasteiger partial charge in [0.05, 0.1) is 24.5 Å². The molecule has 1 aromatic heterocycles. The third-order valence-electron chi connectivity index (χ3n) is 5.02. The summed E-state index contributed by atoms with van der Waals surface area (Å²) < 4.78 is 4.59. The summed E-state index contributed by atoms with van der Waals surface area (Å²) in [5.74, 6) is 0.517. The van der Waals surface area contributed by atoms with Gasteiger partial charge in [0, 0.05) is 12.1 Å². The maximum Gasteiger partial charge on any atom is 0.311 e. The monoisotopic (exact) mass is 381 g/mol. The van der Waals surface area contributed by atoms with Crippen LogP contribution in [0.2, 0.25) is 0 Å². The van der Waals surface area contributed by atoms with Crippen molar-refractivity contribution in [2.24, 2.45) is 11.8 Å². The van der Waals surface area contributed by atoms with Gasteiger partial charge in [0.1, 0.15) is 0 Å². The summed E-state index contributed by atoms with van der Waals surface area (Å²) in [6.45, 7) is 6.19. The Morgan fingerprint density at radius 1 is 1.42 bits per heavy atom. The standard InChI is InChI=1S/C18H27N3O4S/c1-10-6-5-7-14(11(10)2)20-17(24)12(3)26-18-19-13(8-15(22)21-18)9-16(23)25-4/h8,10-12,14H,5-7,9H2,1-4H3,(H,20,24)(H,19,21,22)/t10-,11-,12-,14-/m1/s1. The summed E-state index contributed by atoms with van der Waals surface area (Å²) >= 11 is 1.17. The zero-order chi connectivity index (χ0) is 19.3. The predicted octanol–water partition coefficient (Wildman–Crippen LogP) is 1.91. The molecule has 1 heterocycles. The molecule has 1 aromatic rings. The fraction of sp³-hybridized carbons (Fsp3) is 0.667. The van der Waals surface area contributed by atoms with Crippen molar-refractivity contribution < 1.29 is 14.3 Å². The number of nitrogens with one attached hydrogen (secondary N) is 2. The van der Waals surface area contributed by atoms with Crippen molar-refractivity contribution in [2.45, 2.75) is 62.9 Å². The van der Waals surface area contributed by atoms with E-state index in [0.29, 0.717) is 22.7 Å². The fourth-order valence-electron chi connectivity index (χ4n) is 3.16. The molecule has 2 N–H and O–H groups in total. The molecule has 2 rings (SSSR count). The molecule has 0 bridgehead atoms. The first kappa shape index (κ1) is 20.5. The van der Waals surface area contributed by atoms with Crippen LogP contribution in [0.1, 0.15) is 45.7 Å². The number of thioether (sulfide) groups is 1. The number of nitrogens with zero attached hydrogens (tertiary/aromatic N) is 1. The van der Waals surface area contributed by atoms with Gasteiger partial charge in [0.25, 0.3) is 5.56 Å². The van der Waals surface area contributed by atoms with Gasteiger partial charge in [-0.3, -0.25) is 14.4 Å². The maximum atomic E-state index is 12.5. The van der Waals surface area contributed by atoms with Crippen LogP contribution in [0.4, 0.5) is 0 Å². The first-order valence-electron chi connectivity index (χ1n) is 8.94. The zero-order valence-electron chi connectivity index (χ0n) is 15.7. The molecular weight excluding hydrogens is 354 g/mol. The van der Waals surface area contributed by atoms with Crippen molar-refractivity contribution in [2.75, 3.05) is 7.11 Å². The van der Waals surface area contributed by atoms with E-state index in [1.54, 1.807) is 6.92 Å². The molecule has 4 atom stereocenters. The topological polar surface area (TPSA) is 101 Å². The molecule has 1 aliphatic carbocycles. The van der Waals surface area contributed by atoms with E-state index in [-0.39, 0.29) is 23.9 Å². The Balaban J connectivity index is 2.00. The van der Waals surface area contributed by atoms with E-state index in [0.717, 1.165) is 12.8 Å². The lowest BCUT2D eigenvalue weighted by Gasteiger charge is -2.35. The highest BCUT2D eigenvalue weighted by atomic mass is 32.2. The van der Waals surface area contributed by atoms with Crippen LogP contribution in [0.5, 0.6) is 0 Å². The maximum absolute atomic E-state index is 12.5. The Labute approximate surface area is 157 Å². The van der Waals surface area contributed by atoms with Gasteiger partial charge in [-0.25, -0.2) is 4.98 Å². The summed E-state index contributed by atoms with van der Waals surface area (Å²) in [4.78, 5) is 42.5. The Hall–Kier alpha value is -1.83. The van der Waals surface area contributed by atoms with E-state index in [1.165, 1.54) is 31.4 Å². The zero-order valence-corrected chi connectivity index (χ0v) is 16.5. The average Bonchev–Trinajstić information content (AvgIpc) is 2.58. The highest BCUT2D eigenvalue weighted by Crippen LogP contribution is 2.30. The number of hydrogen-bond acceptors (Lipinski definition) is 6. The van der Waals surface area contributed by atoms with Crippen LogP contribution >= 0.6 is 11.8 Å². The molecule has 26 heavy (non-hydrogen) atoms. The lowest BCUT2D eigenvalue weighted by molar-refractivity contribution is -0.139. The van der Waals surface area contributed by atoms with Crippen LogP contribution in [0.3, 0.4) is 0 Å². The smallest absolute Gasteiger partial charge is 0.311 e. The number of carbonyl (C=O) groups is 2. The Morgan fingerprint density at radius 3 is 2.85 bits per heavy atom. The second kappa shape index (κ2) is 9.21. The first-order chi connectivity index (χ1) is 12.3. The Morgan fingerprint density at radius 2 is 2.15 bits per heavy atom. The summed E-state index contributed by atoms with van der Waals surface area (Å²) in [6, 6.07) is 1.45. The van der Waals surface area contributed by atoms with E-state index < -0.39 is 11.2 Å². The van der Waals surface area contributed by atoms with Gasteiger partial charge < -0.3 is 15.0 Å². The molecule has 0 unspecified atom stereocenters. The van der Waals surface area contributed by atoms with Crippen molar-refractivity contribution in [3.63, 3.8) is 0 Å².